The summed E-state index contributed by atoms with van der Waals surface area (Å²) < 4.78 is 0. The fourth-order valence-electron chi connectivity index (χ4n) is 1.07. The molecule has 0 saturated heterocycles. The van der Waals surface area contributed by atoms with Gasteiger partial charge in [-0.15, -0.1) is 0 Å². The number of rotatable bonds is 5. The summed E-state index contributed by atoms with van der Waals surface area (Å²) in [6, 6.07) is 5.90. The van der Waals surface area contributed by atoms with Gasteiger partial charge in [-0.1, -0.05) is 6.07 Å². The highest BCUT2D eigenvalue weighted by molar-refractivity contribution is 5.03. The second kappa shape index (κ2) is 5.67. The Hall–Kier alpha value is -0.930. The quantitative estimate of drug-likeness (QED) is 0.652. The van der Waals surface area contributed by atoms with Crippen LogP contribution in [0, 0.1) is 0 Å². The molecular weight excluding hydrogens is 164 g/mol. The molecular formula is C10H16N2O. The van der Waals surface area contributed by atoms with Crippen molar-refractivity contribution in [1.82, 2.24) is 10.3 Å². The molecule has 3 heteroatoms. The van der Waals surface area contributed by atoms with Crippen LogP contribution in [0.25, 0.3) is 0 Å². The summed E-state index contributed by atoms with van der Waals surface area (Å²) in [7, 11) is 0. The van der Waals surface area contributed by atoms with E-state index >= 15 is 0 Å². The Labute approximate surface area is 78.8 Å². The molecule has 72 valence electrons. The fraction of sp³-hybridized carbons (Fsp3) is 0.500. The van der Waals surface area contributed by atoms with E-state index in [4.69, 9.17) is 5.11 Å². The number of pyridine rings is 1. The first-order chi connectivity index (χ1) is 6.29. The molecule has 13 heavy (non-hydrogen) atoms. The number of aliphatic hydroxyl groups excluding tert-OH is 1. The molecule has 2 N–H and O–H groups in total. The van der Waals surface area contributed by atoms with Crippen molar-refractivity contribution in [3.05, 3.63) is 30.1 Å². The molecule has 0 spiro atoms. The normalized spacial score (nSPS) is 12.8. The van der Waals surface area contributed by atoms with E-state index in [1.807, 2.05) is 18.2 Å². The average Bonchev–Trinajstić information content (AvgIpc) is 2.14. The van der Waals surface area contributed by atoms with Crippen LogP contribution in [-0.4, -0.2) is 29.3 Å². The van der Waals surface area contributed by atoms with Gasteiger partial charge < -0.3 is 10.4 Å². The molecule has 1 aromatic heterocycles. The lowest BCUT2D eigenvalue weighted by Gasteiger charge is -2.05. The van der Waals surface area contributed by atoms with Crippen LogP contribution in [0.5, 0.6) is 0 Å². The molecule has 0 saturated carbocycles. The van der Waals surface area contributed by atoms with Gasteiger partial charge in [-0.05, 0) is 19.1 Å². The molecule has 1 heterocycles. The molecule has 0 aromatic carbocycles. The van der Waals surface area contributed by atoms with Crippen LogP contribution in [0.1, 0.15) is 12.6 Å². The third kappa shape index (κ3) is 4.60. The van der Waals surface area contributed by atoms with Crippen molar-refractivity contribution in [3.8, 4) is 0 Å². The Morgan fingerprint density at radius 3 is 3.00 bits per heavy atom. The highest BCUT2D eigenvalue weighted by atomic mass is 16.3. The van der Waals surface area contributed by atoms with Gasteiger partial charge in [-0.25, -0.2) is 0 Å². The van der Waals surface area contributed by atoms with E-state index in [0.717, 1.165) is 18.7 Å². The van der Waals surface area contributed by atoms with Crippen molar-refractivity contribution in [1.29, 1.82) is 0 Å². The fourth-order valence-corrected chi connectivity index (χ4v) is 1.07. The van der Waals surface area contributed by atoms with Gasteiger partial charge in [0.15, 0.2) is 0 Å². The smallest absolute Gasteiger partial charge is 0.0636 e. The highest BCUT2D eigenvalue weighted by Gasteiger charge is 1.95. The van der Waals surface area contributed by atoms with Crippen LogP contribution < -0.4 is 5.32 Å². The Morgan fingerprint density at radius 2 is 2.38 bits per heavy atom. The van der Waals surface area contributed by atoms with Gasteiger partial charge in [-0.3, -0.25) is 4.98 Å². The molecule has 1 rings (SSSR count). The van der Waals surface area contributed by atoms with Gasteiger partial charge in [0.1, 0.15) is 0 Å². The Balaban J connectivity index is 2.13. The van der Waals surface area contributed by atoms with E-state index in [-0.39, 0.29) is 6.10 Å². The zero-order valence-corrected chi connectivity index (χ0v) is 7.90. The average molecular weight is 180 g/mol. The summed E-state index contributed by atoms with van der Waals surface area (Å²) in [4.78, 5) is 4.19. The molecule has 0 aliphatic carbocycles. The van der Waals surface area contributed by atoms with Crippen LogP contribution in [-0.2, 0) is 6.42 Å². The van der Waals surface area contributed by atoms with E-state index in [1.165, 1.54) is 0 Å². The van der Waals surface area contributed by atoms with E-state index in [0.29, 0.717) is 6.54 Å². The highest BCUT2D eigenvalue weighted by Crippen LogP contribution is 1.92. The standard InChI is InChI=1S/C10H16N2O/c1-9(13)8-11-7-5-10-4-2-3-6-12-10/h2-4,6,9,11,13H,5,7-8H2,1H3/t9-/m1/s1. The van der Waals surface area contributed by atoms with Crippen LogP contribution >= 0.6 is 0 Å². The third-order valence-corrected chi connectivity index (χ3v) is 1.72. The Bertz CT molecular complexity index is 224. The molecule has 0 bridgehead atoms. The van der Waals surface area contributed by atoms with Gasteiger partial charge in [0.25, 0.3) is 0 Å². The Morgan fingerprint density at radius 1 is 1.54 bits per heavy atom. The first-order valence-electron chi connectivity index (χ1n) is 4.57. The lowest BCUT2D eigenvalue weighted by Crippen LogP contribution is -2.26. The lowest BCUT2D eigenvalue weighted by molar-refractivity contribution is 0.191. The monoisotopic (exact) mass is 180 g/mol. The number of nitrogens with zero attached hydrogens (tertiary/aromatic N) is 1. The number of nitrogens with one attached hydrogen (secondary N) is 1. The van der Waals surface area contributed by atoms with E-state index < -0.39 is 0 Å². The van der Waals surface area contributed by atoms with Crippen molar-refractivity contribution in [2.24, 2.45) is 0 Å². The predicted octanol–water partition coefficient (Wildman–Crippen LogP) is 0.594. The molecule has 1 aromatic rings. The third-order valence-electron chi connectivity index (χ3n) is 1.72. The topological polar surface area (TPSA) is 45.1 Å². The first-order valence-corrected chi connectivity index (χ1v) is 4.57. The molecule has 3 nitrogen and oxygen atoms in total. The zero-order valence-electron chi connectivity index (χ0n) is 7.90. The molecule has 1 atom stereocenters. The molecule has 0 aliphatic rings. The maximum absolute atomic E-state index is 8.97. The summed E-state index contributed by atoms with van der Waals surface area (Å²) in [6.07, 6.45) is 2.43. The molecule has 0 aliphatic heterocycles. The number of aliphatic hydroxyl groups is 1. The second-order valence-corrected chi connectivity index (χ2v) is 3.12. The number of aromatic nitrogens is 1. The number of hydrogen-bond donors (Lipinski definition) is 2. The van der Waals surface area contributed by atoms with Gasteiger partial charge in [0.05, 0.1) is 6.10 Å². The van der Waals surface area contributed by atoms with Crippen molar-refractivity contribution < 1.29 is 5.11 Å². The van der Waals surface area contributed by atoms with Crippen LogP contribution in [0.15, 0.2) is 24.4 Å². The summed E-state index contributed by atoms with van der Waals surface area (Å²) in [6.45, 7) is 3.28. The molecule has 0 amide bonds. The molecule has 0 fully saturated rings. The minimum atomic E-state index is -0.274. The maximum Gasteiger partial charge on any atom is 0.0636 e. The summed E-state index contributed by atoms with van der Waals surface area (Å²) >= 11 is 0. The van der Waals surface area contributed by atoms with Gasteiger partial charge in [0, 0.05) is 31.4 Å². The van der Waals surface area contributed by atoms with Crippen LogP contribution in [0.4, 0.5) is 0 Å². The number of hydrogen-bond acceptors (Lipinski definition) is 3. The largest absolute Gasteiger partial charge is 0.392 e. The zero-order chi connectivity index (χ0) is 9.52. The van der Waals surface area contributed by atoms with Crippen molar-refractivity contribution in [2.45, 2.75) is 19.4 Å². The molecule has 0 radical (unpaired) electrons. The minimum absolute atomic E-state index is 0.274. The van der Waals surface area contributed by atoms with Crippen molar-refractivity contribution >= 4 is 0 Å². The van der Waals surface area contributed by atoms with Gasteiger partial charge in [-0.2, -0.15) is 0 Å². The van der Waals surface area contributed by atoms with Crippen molar-refractivity contribution in [2.75, 3.05) is 13.1 Å². The van der Waals surface area contributed by atoms with E-state index in [9.17, 15) is 0 Å². The Kier molecular flexibility index (Phi) is 4.43. The van der Waals surface area contributed by atoms with E-state index in [2.05, 4.69) is 10.3 Å². The second-order valence-electron chi connectivity index (χ2n) is 3.12. The van der Waals surface area contributed by atoms with Crippen LogP contribution in [0.2, 0.25) is 0 Å². The van der Waals surface area contributed by atoms with Gasteiger partial charge in [0.2, 0.25) is 0 Å². The summed E-state index contributed by atoms with van der Waals surface area (Å²) in [5.41, 5.74) is 1.08. The van der Waals surface area contributed by atoms with Gasteiger partial charge >= 0.3 is 0 Å². The summed E-state index contributed by atoms with van der Waals surface area (Å²) in [5, 5.41) is 12.1. The SMILES string of the molecule is C[C@@H](O)CNCCc1ccccn1. The van der Waals surface area contributed by atoms with Crippen molar-refractivity contribution in [3.63, 3.8) is 0 Å². The molecule has 0 unspecified atom stereocenters. The summed E-state index contributed by atoms with van der Waals surface area (Å²) in [5.74, 6) is 0. The maximum atomic E-state index is 8.97. The van der Waals surface area contributed by atoms with Crippen LogP contribution in [0.3, 0.4) is 0 Å². The first kappa shape index (κ1) is 10.2. The van der Waals surface area contributed by atoms with E-state index in [1.54, 1.807) is 13.1 Å². The predicted molar refractivity (Wildman–Crippen MR) is 52.5 cm³/mol. The minimum Gasteiger partial charge on any atom is -0.392 e. The lowest BCUT2D eigenvalue weighted by atomic mass is 10.2.